The van der Waals surface area contributed by atoms with Crippen molar-refractivity contribution in [1.29, 1.82) is 0 Å². The number of ether oxygens (including phenoxy) is 2. The number of methoxy groups -OCH3 is 2. The molecule has 1 heterocycles. The minimum atomic E-state index is -4.85. The molecule has 0 spiro atoms. The second-order valence-corrected chi connectivity index (χ2v) is 5.77. The van der Waals surface area contributed by atoms with Gasteiger partial charge in [-0.3, -0.25) is 4.79 Å². The Bertz CT molecular complexity index is 948. The summed E-state index contributed by atoms with van der Waals surface area (Å²) in [6.45, 7) is 1.16. The highest BCUT2D eigenvalue weighted by Gasteiger charge is 2.36. The first-order valence-corrected chi connectivity index (χ1v) is 7.89. The molecule has 0 radical (unpaired) electrons. The van der Waals surface area contributed by atoms with E-state index in [1.54, 1.807) is 0 Å². The molecule has 0 saturated carbocycles. The molecule has 0 fully saturated rings. The summed E-state index contributed by atoms with van der Waals surface area (Å²) in [5.74, 6) is -3.93. The van der Waals surface area contributed by atoms with E-state index in [0.29, 0.717) is 6.07 Å². The predicted octanol–water partition coefficient (Wildman–Crippen LogP) is 4.31. The number of pyridine rings is 1. The summed E-state index contributed by atoms with van der Waals surface area (Å²) in [6, 6.07) is 2.56. The molecule has 1 aromatic carbocycles. The summed E-state index contributed by atoms with van der Waals surface area (Å²) in [6.07, 6.45) is -4.85. The minimum Gasteiger partial charge on any atom is -0.493 e. The fraction of sp³-hybridized carbons (Fsp3) is 0.235. The number of aromatic nitrogens is 1. The Balaban J connectivity index is 2.77. The third-order valence-corrected chi connectivity index (χ3v) is 3.91. The molecule has 0 aliphatic heterocycles. The van der Waals surface area contributed by atoms with Crippen molar-refractivity contribution in [2.45, 2.75) is 13.1 Å². The van der Waals surface area contributed by atoms with Crippen molar-refractivity contribution in [3.8, 4) is 17.0 Å². The number of benzene rings is 1. The van der Waals surface area contributed by atoms with Crippen LogP contribution in [0.1, 0.15) is 23.0 Å². The van der Waals surface area contributed by atoms with E-state index in [9.17, 15) is 27.2 Å². The Kier molecular flexibility index (Phi) is 6.13. The average molecular weight is 421 g/mol. The van der Waals surface area contributed by atoms with Gasteiger partial charge in [0.25, 0.3) is 0 Å². The molecule has 2 rings (SSSR count). The van der Waals surface area contributed by atoms with Crippen LogP contribution in [0.3, 0.4) is 0 Å². The minimum absolute atomic E-state index is 0.0992. The van der Waals surface area contributed by atoms with Crippen LogP contribution in [0.4, 0.5) is 23.2 Å². The maximum absolute atomic E-state index is 14.8. The Hall–Kier alpha value is -2.88. The number of nitrogens with zero attached hydrogens (tertiary/aromatic N) is 1. The maximum atomic E-state index is 14.8. The molecule has 2 aromatic rings. The molecule has 0 aliphatic carbocycles. The van der Waals surface area contributed by atoms with Crippen LogP contribution < -0.4 is 10.1 Å². The molecular weight excluding hydrogens is 408 g/mol. The van der Waals surface area contributed by atoms with E-state index in [4.69, 9.17) is 11.6 Å². The first-order valence-electron chi connectivity index (χ1n) is 7.51. The number of amides is 1. The molecule has 28 heavy (non-hydrogen) atoms. The van der Waals surface area contributed by atoms with Gasteiger partial charge in [-0.25, -0.2) is 14.2 Å². The first-order chi connectivity index (χ1) is 13.0. The quantitative estimate of drug-likeness (QED) is 0.589. The van der Waals surface area contributed by atoms with Gasteiger partial charge in [-0.1, -0.05) is 11.6 Å². The summed E-state index contributed by atoms with van der Waals surface area (Å²) in [5, 5.41) is 2.06. The van der Waals surface area contributed by atoms with Crippen molar-refractivity contribution in [2.24, 2.45) is 0 Å². The fourth-order valence-electron chi connectivity index (χ4n) is 2.36. The summed E-state index contributed by atoms with van der Waals surface area (Å²) in [4.78, 5) is 27.1. The Morgan fingerprint density at radius 1 is 1.21 bits per heavy atom. The number of carbonyl (C=O) groups is 2. The second kappa shape index (κ2) is 8.01. The van der Waals surface area contributed by atoms with Gasteiger partial charge < -0.3 is 14.8 Å². The van der Waals surface area contributed by atoms with E-state index in [2.05, 4.69) is 19.8 Å². The van der Waals surface area contributed by atoms with Crippen LogP contribution in [0, 0.1) is 5.82 Å². The van der Waals surface area contributed by atoms with Crippen LogP contribution in [0.2, 0.25) is 5.02 Å². The van der Waals surface area contributed by atoms with Gasteiger partial charge in [0.15, 0.2) is 17.3 Å². The highest BCUT2D eigenvalue weighted by molar-refractivity contribution is 6.36. The lowest BCUT2D eigenvalue weighted by Gasteiger charge is -2.16. The average Bonchev–Trinajstić information content (AvgIpc) is 2.61. The molecular formula is C17H13ClF4N2O4. The van der Waals surface area contributed by atoms with Crippen molar-refractivity contribution in [1.82, 2.24) is 4.98 Å². The van der Waals surface area contributed by atoms with Crippen molar-refractivity contribution >= 4 is 29.2 Å². The highest BCUT2D eigenvalue weighted by Crippen LogP contribution is 2.41. The summed E-state index contributed by atoms with van der Waals surface area (Å²) < 4.78 is 63.0. The molecule has 0 unspecified atom stereocenters. The topological polar surface area (TPSA) is 77.5 Å². The molecule has 0 aliphatic rings. The third-order valence-electron chi connectivity index (χ3n) is 3.53. The molecule has 11 heteroatoms. The first kappa shape index (κ1) is 21.4. The Labute approximate surface area is 161 Å². The van der Waals surface area contributed by atoms with Crippen molar-refractivity contribution in [2.75, 3.05) is 19.5 Å². The number of carbonyl (C=O) groups excluding carboxylic acids is 2. The summed E-state index contributed by atoms with van der Waals surface area (Å²) >= 11 is 6.02. The zero-order valence-corrected chi connectivity index (χ0v) is 15.5. The zero-order chi connectivity index (χ0) is 21.2. The predicted molar refractivity (Wildman–Crippen MR) is 91.8 cm³/mol. The lowest BCUT2D eigenvalue weighted by molar-refractivity contribution is -0.139. The van der Waals surface area contributed by atoms with Gasteiger partial charge in [0.05, 0.1) is 30.6 Å². The number of esters is 1. The molecule has 0 atom stereocenters. The monoisotopic (exact) mass is 420 g/mol. The lowest BCUT2D eigenvalue weighted by atomic mass is 10.0. The fourth-order valence-corrected chi connectivity index (χ4v) is 2.58. The van der Waals surface area contributed by atoms with Gasteiger partial charge in [0.2, 0.25) is 5.91 Å². The van der Waals surface area contributed by atoms with E-state index in [-0.39, 0.29) is 16.4 Å². The number of nitrogens with one attached hydrogen (secondary N) is 1. The number of alkyl halides is 3. The smallest absolute Gasteiger partial charge is 0.420 e. The molecule has 6 nitrogen and oxygen atoms in total. The van der Waals surface area contributed by atoms with Gasteiger partial charge >= 0.3 is 12.1 Å². The van der Waals surface area contributed by atoms with Gasteiger partial charge in [0.1, 0.15) is 5.56 Å². The van der Waals surface area contributed by atoms with Crippen molar-refractivity contribution in [3.63, 3.8) is 0 Å². The van der Waals surface area contributed by atoms with Gasteiger partial charge in [-0.15, -0.1) is 0 Å². The SMILES string of the molecule is COC(=O)c1nc(-c2ccc(C(F)(F)F)c(OC)c2F)cc(NC(C)=O)c1Cl. The second-order valence-electron chi connectivity index (χ2n) is 5.40. The summed E-state index contributed by atoms with van der Waals surface area (Å²) in [5.41, 5.74) is -2.54. The van der Waals surface area contributed by atoms with E-state index < -0.39 is 46.4 Å². The standard InChI is InChI=1S/C17H13ClF4N2O4/c1-7(25)23-11-6-10(24-14(12(11)18)16(26)28-3)8-4-5-9(17(20,21)22)15(27-2)13(8)19/h4-6H,1-3H3,(H,23,24,25). The molecule has 0 bridgehead atoms. The number of rotatable bonds is 4. The van der Waals surface area contributed by atoms with Crippen LogP contribution in [-0.4, -0.2) is 31.1 Å². The molecule has 0 saturated heterocycles. The normalized spacial score (nSPS) is 11.1. The van der Waals surface area contributed by atoms with Crippen LogP contribution in [0.15, 0.2) is 18.2 Å². The maximum Gasteiger partial charge on any atom is 0.420 e. The number of hydrogen-bond donors (Lipinski definition) is 1. The molecule has 1 N–H and O–H groups in total. The van der Waals surface area contributed by atoms with Crippen LogP contribution in [-0.2, 0) is 15.7 Å². The summed E-state index contributed by atoms with van der Waals surface area (Å²) in [7, 11) is 1.93. The van der Waals surface area contributed by atoms with Crippen molar-refractivity contribution < 1.29 is 36.6 Å². The molecule has 150 valence electrons. The van der Waals surface area contributed by atoms with Crippen LogP contribution >= 0.6 is 11.6 Å². The van der Waals surface area contributed by atoms with E-state index in [1.165, 1.54) is 0 Å². The zero-order valence-electron chi connectivity index (χ0n) is 14.7. The Morgan fingerprint density at radius 2 is 1.86 bits per heavy atom. The van der Waals surface area contributed by atoms with E-state index >= 15 is 0 Å². The molecule has 1 amide bonds. The van der Waals surface area contributed by atoms with E-state index in [0.717, 1.165) is 33.3 Å². The number of halogens is 5. The van der Waals surface area contributed by atoms with Crippen LogP contribution in [0.5, 0.6) is 5.75 Å². The van der Waals surface area contributed by atoms with Gasteiger partial charge in [-0.2, -0.15) is 13.2 Å². The number of hydrogen-bond acceptors (Lipinski definition) is 5. The van der Waals surface area contributed by atoms with E-state index in [1.807, 2.05) is 0 Å². The third kappa shape index (κ3) is 4.16. The lowest BCUT2D eigenvalue weighted by Crippen LogP contribution is -2.13. The molecule has 1 aromatic heterocycles. The van der Waals surface area contributed by atoms with Crippen LogP contribution in [0.25, 0.3) is 11.3 Å². The highest BCUT2D eigenvalue weighted by atomic mass is 35.5. The number of anilines is 1. The largest absolute Gasteiger partial charge is 0.493 e. The van der Waals surface area contributed by atoms with Gasteiger partial charge in [0, 0.05) is 12.5 Å². The van der Waals surface area contributed by atoms with Gasteiger partial charge in [-0.05, 0) is 18.2 Å². The Morgan fingerprint density at radius 3 is 2.36 bits per heavy atom. The van der Waals surface area contributed by atoms with Crippen molar-refractivity contribution in [3.05, 3.63) is 40.3 Å².